The highest BCUT2D eigenvalue weighted by Gasteiger charge is 2.39. The number of nitrogen functional groups attached to an aromatic ring is 1. The summed E-state index contributed by atoms with van der Waals surface area (Å²) in [5.41, 5.74) is 6.26. The molecule has 1 aliphatic heterocycles. The molecule has 1 saturated carbocycles. The smallest absolute Gasteiger partial charge is 0.244 e. The molecule has 110 valence electrons. The van der Waals surface area contributed by atoms with Gasteiger partial charge in [0, 0.05) is 18.8 Å². The van der Waals surface area contributed by atoms with Crippen molar-refractivity contribution in [1.82, 2.24) is 14.7 Å². The Bertz CT molecular complexity index is 484. The van der Waals surface area contributed by atoms with Crippen molar-refractivity contribution in [1.29, 1.82) is 0 Å². The second kappa shape index (κ2) is 5.46. The van der Waals surface area contributed by atoms with E-state index in [1.54, 1.807) is 17.1 Å². The van der Waals surface area contributed by atoms with E-state index in [-0.39, 0.29) is 5.91 Å². The molecule has 2 N–H and O–H groups in total. The third-order valence-corrected chi connectivity index (χ3v) is 5.01. The van der Waals surface area contributed by atoms with Crippen LogP contribution in [0.4, 0.5) is 5.69 Å². The predicted molar refractivity (Wildman–Crippen MR) is 77.9 cm³/mol. The van der Waals surface area contributed by atoms with E-state index in [2.05, 4.69) is 16.9 Å². The Morgan fingerprint density at radius 3 is 2.95 bits per heavy atom. The second-order valence-corrected chi connectivity index (χ2v) is 6.34. The quantitative estimate of drug-likeness (QED) is 0.897. The number of hydrogen-bond acceptors (Lipinski definition) is 3. The lowest BCUT2D eigenvalue weighted by atomic mass is 9.72. The molecule has 1 aliphatic carbocycles. The van der Waals surface area contributed by atoms with Crippen LogP contribution in [0.3, 0.4) is 0 Å². The number of anilines is 1. The van der Waals surface area contributed by atoms with E-state index in [0.29, 0.717) is 24.2 Å². The van der Waals surface area contributed by atoms with Gasteiger partial charge in [-0.2, -0.15) is 5.10 Å². The standard InChI is InChI=1S/C15H24N4O/c1-11-6-7-19(14-5-3-2-4-13(11)14)15(20)10-18-9-12(16)8-17-18/h8-9,11,13-14H,2-7,10,16H2,1H3. The van der Waals surface area contributed by atoms with Gasteiger partial charge in [0.25, 0.3) is 0 Å². The molecule has 1 amide bonds. The van der Waals surface area contributed by atoms with Crippen LogP contribution >= 0.6 is 0 Å². The molecule has 2 fully saturated rings. The van der Waals surface area contributed by atoms with Gasteiger partial charge in [-0.15, -0.1) is 0 Å². The summed E-state index contributed by atoms with van der Waals surface area (Å²) in [5.74, 6) is 1.64. The third-order valence-electron chi connectivity index (χ3n) is 5.01. The average molecular weight is 276 g/mol. The number of piperidine rings is 1. The fraction of sp³-hybridized carbons (Fsp3) is 0.733. The lowest BCUT2D eigenvalue weighted by molar-refractivity contribution is -0.139. The molecule has 1 aromatic rings. The summed E-state index contributed by atoms with van der Waals surface area (Å²) in [7, 11) is 0. The van der Waals surface area contributed by atoms with Crippen molar-refractivity contribution in [2.45, 2.75) is 51.6 Å². The number of amides is 1. The first-order valence-electron chi connectivity index (χ1n) is 7.72. The maximum Gasteiger partial charge on any atom is 0.244 e. The Kier molecular flexibility index (Phi) is 3.68. The number of nitrogens with two attached hydrogens (primary N) is 1. The molecule has 3 atom stereocenters. The van der Waals surface area contributed by atoms with Gasteiger partial charge in [0.05, 0.1) is 11.9 Å². The van der Waals surface area contributed by atoms with Crippen LogP contribution in [0.25, 0.3) is 0 Å². The van der Waals surface area contributed by atoms with Crippen molar-refractivity contribution in [2.75, 3.05) is 12.3 Å². The lowest BCUT2D eigenvalue weighted by Gasteiger charge is -2.47. The number of aromatic nitrogens is 2. The number of rotatable bonds is 2. The molecule has 0 bridgehead atoms. The first-order valence-corrected chi connectivity index (χ1v) is 7.72. The zero-order chi connectivity index (χ0) is 14.1. The minimum absolute atomic E-state index is 0.192. The maximum absolute atomic E-state index is 12.6. The summed E-state index contributed by atoms with van der Waals surface area (Å²) in [6.07, 6.45) is 9.48. The van der Waals surface area contributed by atoms with E-state index >= 15 is 0 Å². The first-order chi connectivity index (χ1) is 9.65. The maximum atomic E-state index is 12.6. The van der Waals surface area contributed by atoms with Crippen molar-refractivity contribution in [3.8, 4) is 0 Å². The van der Waals surface area contributed by atoms with E-state index in [1.165, 1.54) is 25.7 Å². The van der Waals surface area contributed by atoms with Gasteiger partial charge in [-0.25, -0.2) is 0 Å². The van der Waals surface area contributed by atoms with Crippen LogP contribution < -0.4 is 5.73 Å². The van der Waals surface area contributed by atoms with Crippen molar-refractivity contribution in [3.63, 3.8) is 0 Å². The summed E-state index contributed by atoms with van der Waals surface area (Å²) in [4.78, 5) is 14.7. The Balaban J connectivity index is 1.70. The van der Waals surface area contributed by atoms with E-state index in [9.17, 15) is 4.79 Å². The molecule has 2 aliphatic rings. The second-order valence-electron chi connectivity index (χ2n) is 6.34. The van der Waals surface area contributed by atoms with Crippen LogP contribution in [-0.2, 0) is 11.3 Å². The summed E-state index contributed by atoms with van der Waals surface area (Å²) in [6, 6.07) is 0.452. The molecule has 2 heterocycles. The Hall–Kier alpha value is -1.52. The number of hydrogen-bond donors (Lipinski definition) is 1. The van der Waals surface area contributed by atoms with Gasteiger partial charge in [0.1, 0.15) is 6.54 Å². The summed E-state index contributed by atoms with van der Waals surface area (Å²) in [5, 5.41) is 4.11. The number of carbonyl (C=O) groups excluding carboxylic acids is 1. The SMILES string of the molecule is CC1CCN(C(=O)Cn2cc(N)cn2)C2CCCCC12. The molecule has 1 aromatic heterocycles. The minimum Gasteiger partial charge on any atom is -0.396 e. The molecule has 3 rings (SSSR count). The molecule has 1 saturated heterocycles. The predicted octanol–water partition coefficient (Wildman–Crippen LogP) is 1.89. The number of likely N-dealkylation sites (tertiary alicyclic amines) is 1. The van der Waals surface area contributed by atoms with Crippen molar-refractivity contribution in [3.05, 3.63) is 12.4 Å². The van der Waals surface area contributed by atoms with Crippen LogP contribution in [0, 0.1) is 11.8 Å². The molecule has 5 heteroatoms. The first kappa shape index (κ1) is 13.5. The minimum atomic E-state index is 0.192. The Labute approximate surface area is 120 Å². The summed E-state index contributed by atoms with van der Waals surface area (Å²) < 4.78 is 1.65. The number of fused-ring (bicyclic) bond motifs is 1. The Morgan fingerprint density at radius 2 is 2.20 bits per heavy atom. The van der Waals surface area contributed by atoms with Gasteiger partial charge in [-0.1, -0.05) is 19.8 Å². The van der Waals surface area contributed by atoms with Crippen LogP contribution in [-0.4, -0.2) is 33.2 Å². The zero-order valence-corrected chi connectivity index (χ0v) is 12.2. The molecule has 3 unspecified atom stereocenters. The summed E-state index contributed by atoms with van der Waals surface area (Å²) >= 11 is 0. The van der Waals surface area contributed by atoms with E-state index in [0.717, 1.165) is 18.9 Å². The highest BCUT2D eigenvalue weighted by molar-refractivity contribution is 5.76. The average Bonchev–Trinajstić information content (AvgIpc) is 2.84. The van der Waals surface area contributed by atoms with Gasteiger partial charge in [-0.3, -0.25) is 9.48 Å². The molecular weight excluding hydrogens is 252 g/mol. The lowest BCUT2D eigenvalue weighted by Crippen LogP contribution is -2.53. The third kappa shape index (κ3) is 2.53. The number of carbonyl (C=O) groups is 1. The van der Waals surface area contributed by atoms with Crippen molar-refractivity contribution < 1.29 is 4.79 Å². The summed E-state index contributed by atoms with van der Waals surface area (Å²) in [6.45, 7) is 3.56. The van der Waals surface area contributed by atoms with E-state index in [4.69, 9.17) is 5.73 Å². The molecule has 0 radical (unpaired) electrons. The molecule has 5 nitrogen and oxygen atoms in total. The molecule has 0 spiro atoms. The largest absolute Gasteiger partial charge is 0.396 e. The van der Waals surface area contributed by atoms with Crippen LogP contribution in [0.5, 0.6) is 0 Å². The van der Waals surface area contributed by atoms with E-state index in [1.807, 2.05) is 0 Å². The van der Waals surface area contributed by atoms with Gasteiger partial charge in [0.2, 0.25) is 5.91 Å². The van der Waals surface area contributed by atoms with Gasteiger partial charge >= 0.3 is 0 Å². The van der Waals surface area contributed by atoms with Gasteiger partial charge in [0.15, 0.2) is 0 Å². The normalized spacial score (nSPS) is 30.1. The Morgan fingerprint density at radius 1 is 1.40 bits per heavy atom. The van der Waals surface area contributed by atoms with Crippen LogP contribution in [0.1, 0.15) is 39.0 Å². The monoisotopic (exact) mass is 276 g/mol. The van der Waals surface area contributed by atoms with Crippen molar-refractivity contribution in [2.24, 2.45) is 11.8 Å². The fourth-order valence-corrected chi connectivity index (χ4v) is 3.92. The van der Waals surface area contributed by atoms with Gasteiger partial charge < -0.3 is 10.6 Å². The highest BCUT2D eigenvalue weighted by atomic mass is 16.2. The van der Waals surface area contributed by atoms with Crippen molar-refractivity contribution >= 4 is 11.6 Å². The van der Waals surface area contributed by atoms with Gasteiger partial charge in [-0.05, 0) is 31.1 Å². The topological polar surface area (TPSA) is 64.2 Å². The van der Waals surface area contributed by atoms with Crippen LogP contribution in [0.15, 0.2) is 12.4 Å². The molecule has 0 aromatic carbocycles. The van der Waals surface area contributed by atoms with Crippen LogP contribution in [0.2, 0.25) is 0 Å². The number of nitrogens with zero attached hydrogens (tertiary/aromatic N) is 3. The highest BCUT2D eigenvalue weighted by Crippen LogP contribution is 2.38. The molecular formula is C15H24N4O. The fourth-order valence-electron chi connectivity index (χ4n) is 3.92. The molecule has 20 heavy (non-hydrogen) atoms. The zero-order valence-electron chi connectivity index (χ0n) is 12.2. The van der Waals surface area contributed by atoms with E-state index < -0.39 is 0 Å².